The standard InChI is InChI=1S/C27H48N2O/c1-6-7-8-9-10-11-12-13-14-15-16-17-18-19-20-21-22-23-24-30-27(28-25(2)3)29-26(4)5/h10-11,13-14,16-17,19-20,25-26H,6-9,12,15,18,21-24H2,1-5H3,(H,28,29). The molecule has 0 bridgehead atoms. The lowest BCUT2D eigenvalue weighted by Crippen LogP contribution is -2.33. The Kier molecular flexibility index (Phi) is 20.6. The zero-order valence-corrected chi connectivity index (χ0v) is 20.4. The molecule has 0 unspecified atom stereocenters. The van der Waals surface area contributed by atoms with Gasteiger partial charge in [-0.05, 0) is 79.1 Å². The van der Waals surface area contributed by atoms with E-state index in [2.05, 4.69) is 93.5 Å². The van der Waals surface area contributed by atoms with Crippen LogP contribution in [0.5, 0.6) is 0 Å². The maximum atomic E-state index is 5.79. The molecule has 0 atom stereocenters. The Labute approximate surface area is 187 Å². The van der Waals surface area contributed by atoms with Crippen molar-refractivity contribution in [2.45, 2.75) is 111 Å². The number of aliphatic imine (C=N–C) groups is 1. The quantitative estimate of drug-likeness (QED) is 0.113. The second kappa shape index (κ2) is 21.9. The van der Waals surface area contributed by atoms with Crippen molar-refractivity contribution in [3.63, 3.8) is 0 Å². The Morgan fingerprint density at radius 3 is 1.70 bits per heavy atom. The maximum absolute atomic E-state index is 5.79. The molecule has 0 amide bonds. The van der Waals surface area contributed by atoms with Crippen LogP contribution in [-0.4, -0.2) is 24.7 Å². The van der Waals surface area contributed by atoms with Gasteiger partial charge in [0.25, 0.3) is 6.02 Å². The van der Waals surface area contributed by atoms with Crippen LogP contribution in [0.2, 0.25) is 0 Å². The summed E-state index contributed by atoms with van der Waals surface area (Å²) in [6.07, 6.45) is 29.7. The third-order valence-corrected chi connectivity index (χ3v) is 4.25. The van der Waals surface area contributed by atoms with Crippen molar-refractivity contribution in [2.75, 3.05) is 6.61 Å². The lowest BCUT2D eigenvalue weighted by atomic mass is 10.2. The number of unbranched alkanes of at least 4 members (excludes halogenated alkanes) is 5. The fourth-order valence-corrected chi connectivity index (χ4v) is 2.69. The SMILES string of the molecule is CCCCCC=CCC=CCC=CCC=CCCCCOC(=NC(C)C)NC(C)C. The van der Waals surface area contributed by atoms with Gasteiger partial charge in [0.2, 0.25) is 0 Å². The highest BCUT2D eigenvalue weighted by atomic mass is 16.5. The molecule has 3 nitrogen and oxygen atoms in total. The fraction of sp³-hybridized carbons (Fsp3) is 0.667. The summed E-state index contributed by atoms with van der Waals surface area (Å²) >= 11 is 0. The molecule has 0 saturated carbocycles. The molecule has 0 heterocycles. The Morgan fingerprint density at radius 1 is 0.733 bits per heavy atom. The number of nitrogens with one attached hydrogen (secondary N) is 1. The van der Waals surface area contributed by atoms with E-state index < -0.39 is 0 Å². The summed E-state index contributed by atoms with van der Waals surface area (Å²) in [5.41, 5.74) is 0. The van der Waals surface area contributed by atoms with E-state index in [4.69, 9.17) is 4.74 Å². The van der Waals surface area contributed by atoms with E-state index in [0.29, 0.717) is 12.1 Å². The Morgan fingerprint density at radius 2 is 1.23 bits per heavy atom. The summed E-state index contributed by atoms with van der Waals surface area (Å²) in [5.74, 6) is 0. The Hall–Kier alpha value is -1.77. The highest BCUT2D eigenvalue weighted by molar-refractivity contribution is 5.73. The van der Waals surface area contributed by atoms with E-state index in [9.17, 15) is 0 Å². The van der Waals surface area contributed by atoms with E-state index in [1.165, 1.54) is 25.7 Å². The van der Waals surface area contributed by atoms with Crippen LogP contribution < -0.4 is 5.32 Å². The smallest absolute Gasteiger partial charge is 0.285 e. The lowest BCUT2D eigenvalue weighted by Gasteiger charge is -2.14. The van der Waals surface area contributed by atoms with Gasteiger partial charge in [-0.3, -0.25) is 0 Å². The van der Waals surface area contributed by atoms with Crippen LogP contribution in [-0.2, 0) is 4.74 Å². The van der Waals surface area contributed by atoms with Gasteiger partial charge < -0.3 is 10.1 Å². The molecule has 0 aromatic heterocycles. The number of hydrogen-bond acceptors (Lipinski definition) is 2. The zero-order valence-electron chi connectivity index (χ0n) is 20.4. The Balaban J connectivity index is 3.65. The number of nitrogens with zero attached hydrogens (tertiary/aromatic N) is 1. The summed E-state index contributed by atoms with van der Waals surface area (Å²) < 4.78 is 5.79. The summed E-state index contributed by atoms with van der Waals surface area (Å²) in [6, 6.07) is 1.26. The molecule has 172 valence electrons. The molecule has 0 aliphatic rings. The minimum absolute atomic E-state index is 0.245. The van der Waals surface area contributed by atoms with E-state index in [0.717, 1.165) is 45.1 Å². The molecular weight excluding hydrogens is 368 g/mol. The molecule has 3 heteroatoms. The molecular formula is C27H48N2O. The molecule has 30 heavy (non-hydrogen) atoms. The summed E-state index contributed by atoms with van der Waals surface area (Å²) in [6.45, 7) is 11.3. The van der Waals surface area contributed by atoms with E-state index in [1.807, 2.05) is 0 Å². The van der Waals surface area contributed by atoms with Crippen LogP contribution in [0, 0.1) is 0 Å². The van der Waals surface area contributed by atoms with Gasteiger partial charge in [0.05, 0.1) is 6.61 Å². The highest BCUT2D eigenvalue weighted by Gasteiger charge is 2.03. The molecule has 1 N–H and O–H groups in total. The molecule has 0 saturated heterocycles. The molecule has 0 aromatic carbocycles. The predicted octanol–water partition coefficient (Wildman–Crippen LogP) is 7.91. The van der Waals surface area contributed by atoms with Gasteiger partial charge in [0, 0.05) is 12.1 Å². The van der Waals surface area contributed by atoms with E-state index >= 15 is 0 Å². The van der Waals surface area contributed by atoms with Gasteiger partial charge in [-0.2, -0.15) is 0 Å². The summed E-state index contributed by atoms with van der Waals surface area (Å²) in [7, 11) is 0. The van der Waals surface area contributed by atoms with Crippen molar-refractivity contribution in [1.29, 1.82) is 0 Å². The molecule has 0 radical (unpaired) electrons. The van der Waals surface area contributed by atoms with Crippen LogP contribution in [0.15, 0.2) is 53.6 Å². The van der Waals surface area contributed by atoms with Crippen molar-refractivity contribution in [3.05, 3.63) is 48.6 Å². The average molecular weight is 417 g/mol. The second-order valence-electron chi connectivity index (χ2n) is 8.26. The van der Waals surface area contributed by atoms with Crippen molar-refractivity contribution < 1.29 is 4.74 Å². The highest BCUT2D eigenvalue weighted by Crippen LogP contribution is 2.02. The van der Waals surface area contributed by atoms with Crippen LogP contribution in [0.1, 0.15) is 98.8 Å². The van der Waals surface area contributed by atoms with Crippen LogP contribution in [0.4, 0.5) is 0 Å². The number of hydrogen-bond donors (Lipinski definition) is 1. The van der Waals surface area contributed by atoms with E-state index in [1.54, 1.807) is 0 Å². The molecule has 0 aliphatic carbocycles. The lowest BCUT2D eigenvalue weighted by molar-refractivity contribution is 0.274. The first-order valence-corrected chi connectivity index (χ1v) is 12.1. The number of ether oxygens (including phenoxy) is 1. The van der Waals surface area contributed by atoms with Crippen molar-refractivity contribution in [1.82, 2.24) is 5.32 Å². The molecule has 0 rings (SSSR count). The van der Waals surface area contributed by atoms with E-state index in [-0.39, 0.29) is 6.04 Å². The molecule has 0 spiro atoms. The van der Waals surface area contributed by atoms with Gasteiger partial charge in [0.1, 0.15) is 0 Å². The average Bonchev–Trinajstić information content (AvgIpc) is 2.68. The largest absolute Gasteiger partial charge is 0.465 e. The number of rotatable bonds is 17. The summed E-state index contributed by atoms with van der Waals surface area (Å²) in [5, 5.41) is 3.27. The first-order valence-electron chi connectivity index (χ1n) is 12.1. The van der Waals surface area contributed by atoms with Gasteiger partial charge in [-0.1, -0.05) is 68.4 Å². The normalized spacial score (nSPS) is 13.2. The zero-order chi connectivity index (χ0) is 22.3. The topological polar surface area (TPSA) is 33.6 Å². The number of allylic oxidation sites excluding steroid dienone is 8. The van der Waals surface area contributed by atoms with Crippen LogP contribution in [0.3, 0.4) is 0 Å². The first-order chi connectivity index (χ1) is 14.6. The molecule has 0 fully saturated rings. The molecule has 0 aromatic rings. The maximum Gasteiger partial charge on any atom is 0.285 e. The Bertz CT molecular complexity index is 513. The van der Waals surface area contributed by atoms with Crippen molar-refractivity contribution in [3.8, 4) is 0 Å². The van der Waals surface area contributed by atoms with Gasteiger partial charge in [0.15, 0.2) is 0 Å². The van der Waals surface area contributed by atoms with Gasteiger partial charge in [-0.25, -0.2) is 4.99 Å². The van der Waals surface area contributed by atoms with Crippen molar-refractivity contribution in [2.24, 2.45) is 4.99 Å². The van der Waals surface area contributed by atoms with Gasteiger partial charge in [-0.15, -0.1) is 0 Å². The predicted molar refractivity (Wildman–Crippen MR) is 135 cm³/mol. The molecule has 0 aliphatic heterocycles. The summed E-state index contributed by atoms with van der Waals surface area (Å²) in [4.78, 5) is 4.49. The second-order valence-corrected chi connectivity index (χ2v) is 8.26. The van der Waals surface area contributed by atoms with Gasteiger partial charge >= 0.3 is 0 Å². The fourth-order valence-electron chi connectivity index (χ4n) is 2.69. The number of amidine groups is 1. The minimum Gasteiger partial charge on any atom is -0.465 e. The minimum atomic E-state index is 0.245. The van der Waals surface area contributed by atoms with Crippen LogP contribution >= 0.6 is 0 Å². The third kappa shape index (κ3) is 22.5. The first kappa shape index (κ1) is 28.2. The third-order valence-electron chi connectivity index (χ3n) is 4.25. The van der Waals surface area contributed by atoms with Crippen molar-refractivity contribution >= 4 is 6.02 Å². The van der Waals surface area contributed by atoms with Crippen LogP contribution in [0.25, 0.3) is 0 Å². The monoisotopic (exact) mass is 416 g/mol.